The molecule has 1 fully saturated rings. The van der Waals surface area contributed by atoms with Gasteiger partial charge in [-0.1, -0.05) is 0 Å². The van der Waals surface area contributed by atoms with Crippen LogP contribution in [0.3, 0.4) is 0 Å². The molecule has 0 radical (unpaired) electrons. The van der Waals surface area contributed by atoms with Crippen molar-refractivity contribution in [2.75, 3.05) is 44.2 Å². The summed E-state index contributed by atoms with van der Waals surface area (Å²) in [5, 5.41) is 31.2. The maximum Gasteiger partial charge on any atom is 0.328 e. The number of thiophene rings is 1. The van der Waals surface area contributed by atoms with Gasteiger partial charge in [0, 0.05) is 60.3 Å². The SMILES string of the molecule is CC(C)(O)C(=O)NCCCCN1CCN(c2csc3cc(F)ccc23)CC1.O=C(O)/C=C\C(=O)O. The number of carboxylic acids is 2. The number of halogens is 1. The van der Waals surface area contributed by atoms with Gasteiger partial charge in [0.15, 0.2) is 0 Å². The molecule has 0 saturated carbocycles. The molecule has 0 aliphatic carbocycles. The number of nitrogens with one attached hydrogen (secondary N) is 1. The minimum Gasteiger partial charge on any atom is -0.478 e. The summed E-state index contributed by atoms with van der Waals surface area (Å²) in [7, 11) is 0. The van der Waals surface area contributed by atoms with Crippen LogP contribution in [0.25, 0.3) is 10.1 Å². The number of nitrogens with zero attached hydrogens (tertiary/aromatic N) is 2. The largest absolute Gasteiger partial charge is 0.478 e. The van der Waals surface area contributed by atoms with Crippen LogP contribution in [0.1, 0.15) is 26.7 Å². The first-order chi connectivity index (χ1) is 16.5. The van der Waals surface area contributed by atoms with Crippen molar-refractivity contribution in [1.29, 1.82) is 0 Å². The Morgan fingerprint density at radius 2 is 1.71 bits per heavy atom. The van der Waals surface area contributed by atoms with Crippen LogP contribution < -0.4 is 10.2 Å². The van der Waals surface area contributed by atoms with Crippen molar-refractivity contribution in [3.63, 3.8) is 0 Å². The number of rotatable bonds is 9. The van der Waals surface area contributed by atoms with Gasteiger partial charge in [-0.25, -0.2) is 14.0 Å². The lowest BCUT2D eigenvalue weighted by atomic mass is 10.1. The highest BCUT2D eigenvalue weighted by atomic mass is 32.1. The van der Waals surface area contributed by atoms with Gasteiger partial charge in [-0.2, -0.15) is 0 Å². The number of piperazine rings is 1. The molecule has 1 saturated heterocycles. The van der Waals surface area contributed by atoms with E-state index in [1.54, 1.807) is 17.4 Å². The summed E-state index contributed by atoms with van der Waals surface area (Å²) in [6, 6.07) is 5.02. The topological polar surface area (TPSA) is 130 Å². The Bertz CT molecular complexity index is 1030. The van der Waals surface area contributed by atoms with E-state index in [0.717, 1.165) is 55.7 Å². The zero-order valence-corrected chi connectivity index (χ0v) is 20.7. The van der Waals surface area contributed by atoms with Crippen molar-refractivity contribution in [3.05, 3.63) is 41.5 Å². The van der Waals surface area contributed by atoms with Crippen LogP contribution in [-0.2, 0) is 14.4 Å². The molecule has 0 unspecified atom stereocenters. The normalized spacial score (nSPS) is 14.6. The monoisotopic (exact) mass is 509 g/mol. The van der Waals surface area contributed by atoms with E-state index in [9.17, 15) is 23.9 Å². The number of anilines is 1. The maximum absolute atomic E-state index is 13.4. The maximum atomic E-state index is 13.4. The van der Waals surface area contributed by atoms with Gasteiger partial charge in [-0.05, 0) is 51.4 Å². The predicted molar refractivity (Wildman–Crippen MR) is 133 cm³/mol. The lowest BCUT2D eigenvalue weighted by Gasteiger charge is -2.36. The second kappa shape index (κ2) is 13.2. The Morgan fingerprint density at radius 1 is 1.09 bits per heavy atom. The van der Waals surface area contributed by atoms with E-state index in [1.165, 1.54) is 25.6 Å². The third-order valence-corrected chi connectivity index (χ3v) is 6.27. The number of hydrogen-bond donors (Lipinski definition) is 4. The van der Waals surface area contributed by atoms with Crippen LogP contribution in [0, 0.1) is 5.82 Å². The smallest absolute Gasteiger partial charge is 0.328 e. The molecule has 2 aromatic rings. The van der Waals surface area contributed by atoms with Gasteiger partial charge in [0.1, 0.15) is 11.4 Å². The fourth-order valence-electron chi connectivity index (χ4n) is 3.47. The van der Waals surface area contributed by atoms with E-state index in [4.69, 9.17) is 10.2 Å². The van der Waals surface area contributed by atoms with E-state index in [1.807, 2.05) is 6.07 Å². The first kappa shape index (κ1) is 28.2. The number of benzene rings is 1. The molecule has 1 aromatic heterocycles. The van der Waals surface area contributed by atoms with E-state index in [0.29, 0.717) is 18.7 Å². The third kappa shape index (κ3) is 9.63. The molecular formula is C24H32FN3O6S. The summed E-state index contributed by atoms with van der Waals surface area (Å²) in [6.07, 6.45) is 3.04. The second-order valence-electron chi connectivity index (χ2n) is 8.62. The van der Waals surface area contributed by atoms with E-state index >= 15 is 0 Å². The lowest BCUT2D eigenvalue weighted by Crippen LogP contribution is -2.46. The Kier molecular flexibility index (Phi) is 10.6. The highest BCUT2D eigenvalue weighted by molar-refractivity contribution is 7.17. The Balaban J connectivity index is 0.000000466. The summed E-state index contributed by atoms with van der Waals surface area (Å²) in [5.74, 6) is -3.02. The minimum absolute atomic E-state index is 0.181. The molecule has 3 rings (SSSR count). The van der Waals surface area contributed by atoms with Crippen LogP contribution in [-0.4, -0.2) is 82.9 Å². The molecular weight excluding hydrogens is 477 g/mol. The molecule has 2 heterocycles. The standard InChI is InChI=1S/C20H28FN3O2S.C4H4O4/c1-20(2,26)19(25)22-7-3-4-8-23-9-11-24(12-10-23)17-14-27-18-13-15(21)5-6-16(17)18;5-3(6)1-2-4(7)8/h5-6,13-14,26H,3-4,7-12H2,1-2H3,(H,22,25);1-2H,(H,5,6)(H,7,8)/b;2-1-. The van der Waals surface area contributed by atoms with Crippen LogP contribution in [0.15, 0.2) is 35.7 Å². The fourth-order valence-corrected chi connectivity index (χ4v) is 4.46. The summed E-state index contributed by atoms with van der Waals surface area (Å²) in [6.45, 7) is 8.56. The fraction of sp³-hybridized carbons (Fsp3) is 0.458. The molecule has 1 aromatic carbocycles. The van der Waals surface area contributed by atoms with Gasteiger partial charge in [-0.3, -0.25) is 9.69 Å². The van der Waals surface area contributed by atoms with Gasteiger partial charge in [0.2, 0.25) is 0 Å². The molecule has 0 bridgehead atoms. The van der Waals surface area contributed by atoms with E-state index < -0.39 is 17.5 Å². The highest BCUT2D eigenvalue weighted by Gasteiger charge is 2.23. The summed E-state index contributed by atoms with van der Waals surface area (Å²) < 4.78 is 14.4. The zero-order chi connectivity index (χ0) is 26.0. The number of carbonyl (C=O) groups is 3. The number of fused-ring (bicyclic) bond motifs is 1. The summed E-state index contributed by atoms with van der Waals surface area (Å²) in [5.41, 5.74) is -0.0996. The first-order valence-electron chi connectivity index (χ1n) is 11.3. The van der Waals surface area contributed by atoms with Gasteiger partial charge in [0.05, 0.1) is 5.69 Å². The van der Waals surface area contributed by atoms with Gasteiger partial charge < -0.3 is 25.5 Å². The van der Waals surface area contributed by atoms with Crippen molar-refractivity contribution in [2.24, 2.45) is 0 Å². The van der Waals surface area contributed by atoms with Crippen LogP contribution in [0.5, 0.6) is 0 Å². The quantitative estimate of drug-likeness (QED) is 0.300. The third-order valence-electron chi connectivity index (χ3n) is 5.34. The van der Waals surface area contributed by atoms with Crippen LogP contribution >= 0.6 is 11.3 Å². The lowest BCUT2D eigenvalue weighted by molar-refractivity contribution is -0.136. The van der Waals surface area contributed by atoms with Crippen LogP contribution in [0.4, 0.5) is 10.1 Å². The first-order valence-corrected chi connectivity index (χ1v) is 12.1. The molecule has 11 heteroatoms. The summed E-state index contributed by atoms with van der Waals surface area (Å²) in [4.78, 5) is 35.5. The second-order valence-corrected chi connectivity index (χ2v) is 9.53. The molecule has 1 aliphatic rings. The Hall–Kier alpha value is -3.02. The molecule has 35 heavy (non-hydrogen) atoms. The number of amides is 1. The van der Waals surface area contributed by atoms with Crippen molar-refractivity contribution in [1.82, 2.24) is 10.2 Å². The zero-order valence-electron chi connectivity index (χ0n) is 19.9. The van der Waals surface area contributed by atoms with E-state index in [-0.39, 0.29) is 11.7 Å². The highest BCUT2D eigenvalue weighted by Crippen LogP contribution is 2.33. The number of aliphatic hydroxyl groups is 1. The number of aliphatic carboxylic acids is 2. The number of unbranched alkanes of at least 4 members (excludes halogenated alkanes) is 1. The molecule has 192 valence electrons. The van der Waals surface area contributed by atoms with Gasteiger partial charge >= 0.3 is 11.9 Å². The average molecular weight is 510 g/mol. The van der Waals surface area contributed by atoms with Crippen LogP contribution in [0.2, 0.25) is 0 Å². The minimum atomic E-state index is -1.31. The average Bonchev–Trinajstić information content (AvgIpc) is 3.20. The van der Waals surface area contributed by atoms with Crippen molar-refractivity contribution in [2.45, 2.75) is 32.3 Å². The molecule has 4 N–H and O–H groups in total. The number of carboxylic acid groups (broad SMARTS) is 2. The molecule has 0 atom stereocenters. The number of hydrogen-bond acceptors (Lipinski definition) is 7. The Morgan fingerprint density at radius 3 is 2.29 bits per heavy atom. The van der Waals surface area contributed by atoms with Gasteiger partial charge in [0.25, 0.3) is 5.91 Å². The molecule has 1 aliphatic heterocycles. The number of carbonyl (C=O) groups excluding carboxylic acids is 1. The van der Waals surface area contributed by atoms with Gasteiger partial charge in [-0.15, -0.1) is 11.3 Å². The summed E-state index contributed by atoms with van der Waals surface area (Å²) >= 11 is 1.60. The molecule has 9 nitrogen and oxygen atoms in total. The van der Waals surface area contributed by atoms with E-state index in [2.05, 4.69) is 20.5 Å². The van der Waals surface area contributed by atoms with Crippen molar-refractivity contribution in [3.8, 4) is 0 Å². The molecule has 1 amide bonds. The van der Waals surface area contributed by atoms with Crippen molar-refractivity contribution < 1.29 is 34.1 Å². The molecule has 0 spiro atoms. The van der Waals surface area contributed by atoms with Crippen molar-refractivity contribution >= 4 is 45.0 Å². The Labute approximate surface area is 207 Å². The predicted octanol–water partition coefficient (Wildman–Crippen LogP) is 2.54.